The van der Waals surface area contributed by atoms with Gasteiger partial charge in [-0.3, -0.25) is 4.79 Å². The molecule has 1 aromatic carbocycles. The molecule has 20 heavy (non-hydrogen) atoms. The first kappa shape index (κ1) is 14.1. The van der Waals surface area contributed by atoms with E-state index in [1.54, 1.807) is 18.2 Å². The van der Waals surface area contributed by atoms with Gasteiger partial charge in [-0.2, -0.15) is 0 Å². The predicted octanol–water partition coefficient (Wildman–Crippen LogP) is 3.00. The van der Waals surface area contributed by atoms with Crippen LogP contribution in [0, 0.1) is 0 Å². The lowest BCUT2D eigenvalue weighted by Crippen LogP contribution is -2.11. The molecular weight excluding hydrogens is 330 g/mol. The van der Waals surface area contributed by atoms with Gasteiger partial charge in [0.15, 0.2) is 5.76 Å². The number of carbonyl (C=O) groups is 2. The molecule has 1 heterocycles. The van der Waals surface area contributed by atoms with Crippen molar-refractivity contribution in [1.29, 1.82) is 0 Å². The van der Waals surface area contributed by atoms with Crippen molar-refractivity contribution in [2.45, 2.75) is 0 Å². The largest absolute Gasteiger partial charge is 0.496 e. The minimum absolute atomic E-state index is 0.0747. The molecule has 0 atom stereocenters. The zero-order chi connectivity index (χ0) is 14.7. The van der Waals surface area contributed by atoms with Crippen LogP contribution in [-0.4, -0.2) is 24.1 Å². The van der Waals surface area contributed by atoms with E-state index in [2.05, 4.69) is 21.2 Å². The number of benzene rings is 1. The third-order valence-corrected chi connectivity index (χ3v) is 3.10. The van der Waals surface area contributed by atoms with Crippen LogP contribution in [0.1, 0.15) is 20.9 Å². The molecule has 0 saturated heterocycles. The predicted molar refractivity (Wildman–Crippen MR) is 74.3 cm³/mol. The molecule has 0 aliphatic carbocycles. The molecule has 0 aliphatic heterocycles. The quantitative estimate of drug-likeness (QED) is 0.893. The van der Waals surface area contributed by atoms with Crippen LogP contribution in [0.25, 0.3) is 0 Å². The standard InChI is InChI=1S/C13H10BrNO5/c1-19-10-3-2-8(5-9(10)14)15-12(16)11-4-7(6-20-11)13(17)18/h2-6H,1H3,(H,15,16)(H,17,18). The Hall–Kier alpha value is -2.28. The minimum Gasteiger partial charge on any atom is -0.496 e. The van der Waals surface area contributed by atoms with E-state index in [0.29, 0.717) is 15.9 Å². The van der Waals surface area contributed by atoms with E-state index in [1.165, 1.54) is 7.11 Å². The molecule has 2 rings (SSSR count). The second kappa shape index (κ2) is 5.79. The zero-order valence-corrected chi connectivity index (χ0v) is 11.9. The molecule has 0 saturated carbocycles. The third-order valence-electron chi connectivity index (χ3n) is 2.48. The van der Waals surface area contributed by atoms with Gasteiger partial charge in [0.25, 0.3) is 5.91 Å². The number of furan rings is 1. The first-order chi connectivity index (χ1) is 9.51. The van der Waals surface area contributed by atoms with Crippen molar-refractivity contribution in [1.82, 2.24) is 0 Å². The summed E-state index contributed by atoms with van der Waals surface area (Å²) in [5, 5.41) is 11.3. The van der Waals surface area contributed by atoms with Crippen molar-refractivity contribution in [2.24, 2.45) is 0 Å². The summed E-state index contributed by atoms with van der Waals surface area (Å²) < 4.78 is 10.7. The summed E-state index contributed by atoms with van der Waals surface area (Å²) in [6.45, 7) is 0. The number of carboxylic acid groups (broad SMARTS) is 1. The fourth-order valence-corrected chi connectivity index (χ4v) is 2.04. The van der Waals surface area contributed by atoms with Gasteiger partial charge in [-0.25, -0.2) is 4.79 Å². The van der Waals surface area contributed by atoms with Gasteiger partial charge in [-0.05, 0) is 34.1 Å². The minimum atomic E-state index is -1.15. The number of hydrogen-bond acceptors (Lipinski definition) is 4. The Bertz CT molecular complexity index is 665. The summed E-state index contributed by atoms with van der Waals surface area (Å²) in [7, 11) is 1.54. The van der Waals surface area contributed by atoms with Crippen LogP contribution >= 0.6 is 15.9 Å². The van der Waals surface area contributed by atoms with Crippen LogP contribution in [0.4, 0.5) is 5.69 Å². The van der Waals surface area contributed by atoms with E-state index < -0.39 is 11.9 Å². The van der Waals surface area contributed by atoms with Gasteiger partial charge in [-0.1, -0.05) is 0 Å². The van der Waals surface area contributed by atoms with Crippen LogP contribution in [0.15, 0.2) is 39.4 Å². The topological polar surface area (TPSA) is 88.8 Å². The van der Waals surface area contributed by atoms with Gasteiger partial charge >= 0.3 is 5.97 Å². The first-order valence-corrected chi connectivity index (χ1v) is 6.27. The summed E-state index contributed by atoms with van der Waals surface area (Å²) in [6.07, 6.45) is 1.02. The number of hydrogen-bond donors (Lipinski definition) is 2. The van der Waals surface area contributed by atoms with Crippen molar-refractivity contribution in [3.63, 3.8) is 0 Å². The average molecular weight is 340 g/mol. The van der Waals surface area contributed by atoms with Gasteiger partial charge < -0.3 is 19.6 Å². The van der Waals surface area contributed by atoms with E-state index in [1.807, 2.05) is 0 Å². The number of ether oxygens (including phenoxy) is 1. The lowest BCUT2D eigenvalue weighted by atomic mass is 10.2. The number of aromatic carboxylic acids is 1. The molecule has 0 aliphatic rings. The normalized spacial score (nSPS) is 10.1. The van der Waals surface area contributed by atoms with Crippen molar-refractivity contribution in [2.75, 3.05) is 12.4 Å². The Morgan fingerprint density at radius 1 is 1.35 bits per heavy atom. The Kier molecular flexibility index (Phi) is 4.09. The van der Waals surface area contributed by atoms with Gasteiger partial charge in [0.1, 0.15) is 12.0 Å². The molecule has 1 amide bonds. The van der Waals surface area contributed by atoms with Crippen LogP contribution in [0.5, 0.6) is 5.75 Å². The Balaban J connectivity index is 2.14. The molecule has 0 bridgehead atoms. The molecule has 2 aromatic rings. The highest BCUT2D eigenvalue weighted by Gasteiger charge is 2.15. The van der Waals surface area contributed by atoms with Crippen molar-refractivity contribution < 1.29 is 23.8 Å². The maximum atomic E-state index is 11.9. The number of rotatable bonds is 4. The fraction of sp³-hybridized carbons (Fsp3) is 0.0769. The van der Waals surface area contributed by atoms with Crippen LogP contribution in [-0.2, 0) is 0 Å². The smallest absolute Gasteiger partial charge is 0.338 e. The number of anilines is 1. The Morgan fingerprint density at radius 3 is 2.65 bits per heavy atom. The molecule has 0 unspecified atom stereocenters. The summed E-state index contributed by atoms with van der Waals surface area (Å²) in [4.78, 5) is 22.6. The summed E-state index contributed by atoms with van der Waals surface area (Å²) >= 11 is 3.30. The van der Waals surface area contributed by atoms with E-state index in [9.17, 15) is 9.59 Å². The molecule has 7 heteroatoms. The van der Waals surface area contributed by atoms with Gasteiger partial charge in [0.2, 0.25) is 0 Å². The maximum absolute atomic E-state index is 11.9. The van der Waals surface area contributed by atoms with E-state index in [-0.39, 0.29) is 11.3 Å². The molecule has 104 valence electrons. The molecule has 0 radical (unpaired) electrons. The molecule has 1 aromatic heterocycles. The monoisotopic (exact) mass is 339 g/mol. The van der Waals surface area contributed by atoms with E-state index in [0.717, 1.165) is 12.3 Å². The van der Waals surface area contributed by atoms with Crippen molar-refractivity contribution in [3.05, 3.63) is 46.3 Å². The number of carbonyl (C=O) groups excluding carboxylic acids is 1. The highest BCUT2D eigenvalue weighted by Crippen LogP contribution is 2.27. The third kappa shape index (κ3) is 3.00. The van der Waals surface area contributed by atoms with Crippen LogP contribution in [0.2, 0.25) is 0 Å². The molecule has 0 fully saturated rings. The number of carboxylic acids is 1. The number of halogens is 1. The first-order valence-electron chi connectivity index (χ1n) is 5.48. The summed E-state index contributed by atoms with van der Waals surface area (Å²) in [5.74, 6) is -1.13. The lowest BCUT2D eigenvalue weighted by molar-refractivity contribution is 0.0696. The highest BCUT2D eigenvalue weighted by atomic mass is 79.9. The van der Waals surface area contributed by atoms with Gasteiger partial charge in [0.05, 0.1) is 17.1 Å². The van der Waals surface area contributed by atoms with Crippen molar-refractivity contribution >= 4 is 33.5 Å². The zero-order valence-electron chi connectivity index (χ0n) is 10.3. The van der Waals surface area contributed by atoms with Gasteiger partial charge in [-0.15, -0.1) is 0 Å². The maximum Gasteiger partial charge on any atom is 0.338 e. The molecule has 6 nitrogen and oxygen atoms in total. The Labute approximate surface area is 122 Å². The summed E-state index contributed by atoms with van der Waals surface area (Å²) in [6, 6.07) is 6.17. The average Bonchev–Trinajstić information content (AvgIpc) is 2.88. The SMILES string of the molecule is COc1ccc(NC(=O)c2cc(C(=O)O)co2)cc1Br. The van der Waals surface area contributed by atoms with Crippen molar-refractivity contribution in [3.8, 4) is 5.75 Å². The fourth-order valence-electron chi connectivity index (χ4n) is 1.50. The Morgan fingerprint density at radius 2 is 2.10 bits per heavy atom. The van der Waals surface area contributed by atoms with Gasteiger partial charge in [0, 0.05) is 11.8 Å². The number of nitrogens with one attached hydrogen (secondary N) is 1. The highest BCUT2D eigenvalue weighted by molar-refractivity contribution is 9.10. The molecular formula is C13H10BrNO5. The molecule has 2 N–H and O–H groups in total. The van der Waals surface area contributed by atoms with Crippen LogP contribution in [0.3, 0.4) is 0 Å². The second-order valence-electron chi connectivity index (χ2n) is 3.81. The lowest BCUT2D eigenvalue weighted by Gasteiger charge is -2.06. The second-order valence-corrected chi connectivity index (χ2v) is 4.66. The van der Waals surface area contributed by atoms with E-state index >= 15 is 0 Å². The number of amides is 1. The summed E-state index contributed by atoms with van der Waals surface area (Å²) in [5.41, 5.74) is 0.446. The van der Waals surface area contributed by atoms with E-state index in [4.69, 9.17) is 14.3 Å². The molecule has 0 spiro atoms. The van der Waals surface area contributed by atoms with Crippen LogP contribution < -0.4 is 10.1 Å². The number of methoxy groups -OCH3 is 1.